The van der Waals surface area contributed by atoms with Gasteiger partial charge in [0.25, 0.3) is 0 Å². The largest absolute Gasteiger partial charge is 0.423 e. The quantitative estimate of drug-likeness (QED) is 0.304. The number of carbonyl (C=O) groups excluding carboxylic acids is 1. The number of aryl methyl sites for hydroxylation is 4. The van der Waals surface area contributed by atoms with Crippen molar-refractivity contribution in [2.75, 3.05) is 0 Å². The van der Waals surface area contributed by atoms with Crippen molar-refractivity contribution in [2.45, 2.75) is 27.7 Å². The molecule has 3 aromatic carbocycles. The lowest BCUT2D eigenvalue weighted by molar-refractivity contribution is 0.0733. The van der Waals surface area contributed by atoms with Crippen molar-refractivity contribution >= 4 is 5.97 Å². The predicted octanol–water partition coefficient (Wildman–Crippen LogP) is 6.22. The number of esters is 1. The number of ether oxygens (including phenoxy) is 1. The van der Waals surface area contributed by atoms with E-state index in [4.69, 9.17) is 4.74 Å². The van der Waals surface area contributed by atoms with E-state index in [1.54, 1.807) is 19.1 Å². The lowest BCUT2D eigenvalue weighted by Gasteiger charge is -2.14. The van der Waals surface area contributed by atoms with Gasteiger partial charge in [0.15, 0.2) is 17.5 Å². The van der Waals surface area contributed by atoms with Gasteiger partial charge in [-0.3, -0.25) is 0 Å². The first kappa shape index (κ1) is 19.7. The summed E-state index contributed by atoms with van der Waals surface area (Å²) in [5, 5.41) is 0. The van der Waals surface area contributed by atoms with Crippen LogP contribution in [0.2, 0.25) is 0 Å². The molecule has 0 unspecified atom stereocenters. The highest BCUT2D eigenvalue weighted by Gasteiger charge is 2.17. The summed E-state index contributed by atoms with van der Waals surface area (Å²) in [5.41, 5.74) is 6.41. The fraction of sp³-hybridized carbons (Fsp3) is 0.174. The van der Waals surface area contributed by atoms with Crippen LogP contribution >= 0.6 is 0 Å². The van der Waals surface area contributed by atoms with Gasteiger partial charge < -0.3 is 4.74 Å². The van der Waals surface area contributed by atoms with E-state index in [0.29, 0.717) is 17.7 Å². The molecule has 0 bridgehead atoms. The average Bonchev–Trinajstić information content (AvgIpc) is 2.58. The van der Waals surface area contributed by atoms with E-state index in [1.807, 2.05) is 26.8 Å². The first-order chi connectivity index (χ1) is 13.2. The molecular weight excluding hydrogens is 365 g/mol. The summed E-state index contributed by atoms with van der Waals surface area (Å²) in [5.74, 6) is -5.61. The Morgan fingerprint density at radius 3 is 1.89 bits per heavy atom. The van der Waals surface area contributed by atoms with Crippen molar-refractivity contribution in [3.05, 3.63) is 87.7 Å². The van der Waals surface area contributed by atoms with E-state index < -0.39 is 29.2 Å². The fourth-order valence-corrected chi connectivity index (χ4v) is 3.44. The van der Waals surface area contributed by atoms with Crippen LogP contribution in [0, 0.1) is 45.1 Å². The minimum absolute atomic E-state index is 0.260. The Hall–Kier alpha value is -3.08. The first-order valence-electron chi connectivity index (χ1n) is 8.73. The third-order valence-electron chi connectivity index (χ3n) is 4.58. The molecule has 5 heteroatoms. The van der Waals surface area contributed by atoms with E-state index in [-0.39, 0.29) is 5.56 Å². The smallest absolute Gasteiger partial charge is 0.343 e. The van der Waals surface area contributed by atoms with Crippen molar-refractivity contribution in [3.63, 3.8) is 0 Å². The normalized spacial score (nSPS) is 10.8. The first-order valence-corrected chi connectivity index (χ1v) is 8.73. The van der Waals surface area contributed by atoms with Crippen LogP contribution < -0.4 is 4.74 Å². The highest BCUT2D eigenvalue weighted by molar-refractivity contribution is 5.93. The topological polar surface area (TPSA) is 26.3 Å². The van der Waals surface area contributed by atoms with Crippen LogP contribution in [0.15, 0.2) is 42.5 Å². The highest BCUT2D eigenvalue weighted by atomic mass is 19.2. The molecule has 3 aromatic rings. The van der Waals surface area contributed by atoms with Crippen LogP contribution in [-0.4, -0.2) is 5.97 Å². The molecule has 0 N–H and O–H groups in total. The van der Waals surface area contributed by atoms with Gasteiger partial charge in [0.2, 0.25) is 0 Å². The molecular formula is C23H19F3O2. The SMILES string of the molecule is Cc1cc(C)c(-c2ccc(C(=O)Oc3cc(F)c(F)c(F)c3)c(C)c2)c(C)c1. The molecule has 28 heavy (non-hydrogen) atoms. The second-order valence-corrected chi connectivity index (χ2v) is 6.89. The van der Waals surface area contributed by atoms with Gasteiger partial charge in [-0.15, -0.1) is 0 Å². The van der Waals surface area contributed by atoms with Gasteiger partial charge in [0.1, 0.15) is 5.75 Å². The average molecular weight is 384 g/mol. The maximum absolute atomic E-state index is 13.3. The summed E-state index contributed by atoms with van der Waals surface area (Å²) in [6.07, 6.45) is 0. The summed E-state index contributed by atoms with van der Waals surface area (Å²) in [6.45, 7) is 7.86. The van der Waals surface area contributed by atoms with Crippen LogP contribution in [0.4, 0.5) is 13.2 Å². The molecule has 0 aliphatic carbocycles. The van der Waals surface area contributed by atoms with Gasteiger partial charge in [0, 0.05) is 12.1 Å². The molecule has 3 rings (SSSR count). The van der Waals surface area contributed by atoms with E-state index in [2.05, 4.69) is 12.1 Å². The Bertz CT molecular complexity index is 1040. The fourth-order valence-electron chi connectivity index (χ4n) is 3.44. The van der Waals surface area contributed by atoms with E-state index in [9.17, 15) is 18.0 Å². The monoisotopic (exact) mass is 384 g/mol. The van der Waals surface area contributed by atoms with Gasteiger partial charge in [-0.1, -0.05) is 29.8 Å². The minimum atomic E-state index is -1.61. The Kier molecular flexibility index (Phi) is 5.27. The summed E-state index contributed by atoms with van der Waals surface area (Å²) in [4.78, 5) is 12.4. The Morgan fingerprint density at radius 2 is 1.36 bits per heavy atom. The molecule has 0 saturated carbocycles. The van der Waals surface area contributed by atoms with Crippen LogP contribution in [0.3, 0.4) is 0 Å². The molecule has 0 radical (unpaired) electrons. The minimum Gasteiger partial charge on any atom is -0.423 e. The molecule has 0 amide bonds. The van der Waals surface area contributed by atoms with Crippen molar-refractivity contribution in [2.24, 2.45) is 0 Å². The summed E-state index contributed by atoms with van der Waals surface area (Å²) < 4.78 is 44.7. The molecule has 0 atom stereocenters. The van der Waals surface area contributed by atoms with Crippen molar-refractivity contribution in [1.82, 2.24) is 0 Å². The maximum atomic E-state index is 13.3. The molecule has 0 spiro atoms. The van der Waals surface area contributed by atoms with Crippen LogP contribution in [0.25, 0.3) is 11.1 Å². The van der Waals surface area contributed by atoms with Crippen LogP contribution in [0.5, 0.6) is 5.75 Å². The lowest BCUT2D eigenvalue weighted by Crippen LogP contribution is -2.11. The molecule has 144 valence electrons. The third kappa shape index (κ3) is 3.79. The molecule has 0 fully saturated rings. The molecule has 0 saturated heterocycles. The zero-order chi connectivity index (χ0) is 20.6. The van der Waals surface area contributed by atoms with Crippen molar-refractivity contribution in [1.29, 1.82) is 0 Å². The molecule has 0 aromatic heterocycles. The number of benzene rings is 3. The van der Waals surface area contributed by atoms with Gasteiger partial charge in [0.05, 0.1) is 5.56 Å². The number of carbonyl (C=O) groups is 1. The van der Waals surface area contributed by atoms with Crippen LogP contribution in [0.1, 0.15) is 32.6 Å². The predicted molar refractivity (Wildman–Crippen MR) is 102 cm³/mol. The third-order valence-corrected chi connectivity index (χ3v) is 4.58. The number of hydrogen-bond acceptors (Lipinski definition) is 2. The highest BCUT2D eigenvalue weighted by Crippen LogP contribution is 2.30. The molecule has 0 aliphatic rings. The summed E-state index contributed by atoms with van der Waals surface area (Å²) in [6, 6.07) is 10.8. The van der Waals surface area contributed by atoms with Gasteiger partial charge >= 0.3 is 5.97 Å². The molecule has 0 aliphatic heterocycles. The van der Waals surface area contributed by atoms with Crippen molar-refractivity contribution in [3.8, 4) is 16.9 Å². The Balaban J connectivity index is 1.92. The Labute approximate surface area is 161 Å². The Morgan fingerprint density at radius 1 is 0.786 bits per heavy atom. The lowest BCUT2D eigenvalue weighted by atomic mass is 9.92. The number of halogens is 3. The van der Waals surface area contributed by atoms with Gasteiger partial charge in [-0.25, -0.2) is 18.0 Å². The number of hydrogen-bond donors (Lipinski definition) is 0. The molecule has 2 nitrogen and oxygen atoms in total. The van der Waals surface area contributed by atoms with E-state index in [1.165, 1.54) is 5.56 Å². The second kappa shape index (κ2) is 7.50. The maximum Gasteiger partial charge on any atom is 0.343 e. The van der Waals surface area contributed by atoms with Gasteiger partial charge in [-0.05, 0) is 61.6 Å². The van der Waals surface area contributed by atoms with Crippen LogP contribution in [-0.2, 0) is 0 Å². The van der Waals surface area contributed by atoms with Gasteiger partial charge in [-0.2, -0.15) is 0 Å². The summed E-state index contributed by atoms with van der Waals surface area (Å²) >= 11 is 0. The molecule has 0 heterocycles. The van der Waals surface area contributed by atoms with E-state index in [0.717, 1.165) is 22.3 Å². The van der Waals surface area contributed by atoms with E-state index >= 15 is 0 Å². The zero-order valence-electron chi connectivity index (χ0n) is 16.0. The second-order valence-electron chi connectivity index (χ2n) is 6.89. The zero-order valence-corrected chi connectivity index (χ0v) is 16.0. The number of rotatable bonds is 3. The van der Waals surface area contributed by atoms with Crippen molar-refractivity contribution < 1.29 is 22.7 Å². The standard InChI is InChI=1S/C23H19F3O2/c1-12-7-14(3)21(15(4)8-12)16-5-6-18(13(2)9-16)23(27)28-17-10-19(24)22(26)20(25)11-17/h5-11H,1-4H3. The summed E-state index contributed by atoms with van der Waals surface area (Å²) in [7, 11) is 0.